The van der Waals surface area contributed by atoms with Crippen molar-refractivity contribution in [2.75, 3.05) is 17.3 Å². The molecule has 0 aromatic heterocycles. The smallest absolute Gasteiger partial charge is 0.269 e. The van der Waals surface area contributed by atoms with Crippen molar-refractivity contribution in [1.82, 2.24) is 0 Å². The number of benzene rings is 3. The van der Waals surface area contributed by atoms with Gasteiger partial charge in [-0.3, -0.25) is 19.8 Å². The van der Waals surface area contributed by atoms with E-state index >= 15 is 0 Å². The number of fused-ring (bicyclic) bond motifs is 1. The van der Waals surface area contributed by atoms with Gasteiger partial charge in [-0.1, -0.05) is 36.4 Å². The number of nitrogens with one attached hydrogen (secondary N) is 1. The normalized spacial score (nSPS) is 15.5. The van der Waals surface area contributed by atoms with Gasteiger partial charge in [-0.25, -0.2) is 0 Å². The van der Waals surface area contributed by atoms with Crippen LogP contribution in [0.2, 0.25) is 0 Å². The lowest BCUT2D eigenvalue weighted by Crippen LogP contribution is -2.43. The van der Waals surface area contributed by atoms with Crippen molar-refractivity contribution in [3.63, 3.8) is 0 Å². The quantitative estimate of drug-likeness (QED) is 0.540. The zero-order valence-corrected chi connectivity index (χ0v) is 15.0. The number of amides is 1. The molecule has 1 aliphatic rings. The topological polar surface area (TPSA) is 84.7 Å². The highest BCUT2D eigenvalue weighted by molar-refractivity contribution is 6.12. The largest absolute Gasteiger partial charge is 0.495 e. The third-order valence-electron chi connectivity index (χ3n) is 4.67. The maximum atomic E-state index is 13.4. The monoisotopic (exact) mass is 375 g/mol. The van der Waals surface area contributed by atoms with E-state index in [9.17, 15) is 14.9 Å². The van der Waals surface area contributed by atoms with Gasteiger partial charge in [-0.2, -0.15) is 0 Å². The first-order chi connectivity index (χ1) is 13.6. The number of hydrogen-bond acceptors (Lipinski definition) is 5. The van der Waals surface area contributed by atoms with Gasteiger partial charge >= 0.3 is 0 Å². The molecule has 1 heterocycles. The van der Waals surface area contributed by atoms with Gasteiger partial charge < -0.3 is 10.1 Å². The first-order valence-electron chi connectivity index (χ1n) is 8.66. The second kappa shape index (κ2) is 7.03. The number of nitro benzene ring substituents is 1. The average Bonchev–Trinajstić information content (AvgIpc) is 2.74. The third kappa shape index (κ3) is 2.92. The van der Waals surface area contributed by atoms with Crippen molar-refractivity contribution in [1.29, 1.82) is 0 Å². The van der Waals surface area contributed by atoms with Gasteiger partial charge in [0.05, 0.1) is 23.3 Å². The molecule has 7 heteroatoms. The maximum Gasteiger partial charge on any atom is 0.269 e. The second-order valence-electron chi connectivity index (χ2n) is 6.29. The van der Waals surface area contributed by atoms with Crippen molar-refractivity contribution in [3.8, 4) is 5.75 Å². The summed E-state index contributed by atoms with van der Waals surface area (Å²) < 4.78 is 5.45. The number of non-ortho nitro benzene ring substituents is 1. The summed E-state index contributed by atoms with van der Waals surface area (Å²) in [5.41, 5.74) is 2.34. The Balaban J connectivity index is 1.90. The van der Waals surface area contributed by atoms with Crippen LogP contribution in [0.25, 0.3) is 0 Å². The Morgan fingerprint density at radius 2 is 1.79 bits per heavy atom. The fourth-order valence-electron chi connectivity index (χ4n) is 3.37. The molecule has 1 atom stereocenters. The summed E-state index contributed by atoms with van der Waals surface area (Å²) in [6.45, 7) is 0. The molecule has 0 spiro atoms. The molecule has 140 valence electrons. The minimum atomic E-state index is -0.626. The molecular formula is C21H17N3O4. The number of methoxy groups -OCH3 is 1. The number of nitro groups is 1. The molecule has 0 unspecified atom stereocenters. The van der Waals surface area contributed by atoms with Gasteiger partial charge in [0.2, 0.25) is 0 Å². The number of rotatable bonds is 4. The molecule has 3 aromatic carbocycles. The number of carbonyl (C=O) groups is 1. The Morgan fingerprint density at radius 3 is 2.57 bits per heavy atom. The molecule has 4 rings (SSSR count). The van der Waals surface area contributed by atoms with Gasteiger partial charge in [0.25, 0.3) is 11.6 Å². The summed E-state index contributed by atoms with van der Waals surface area (Å²) in [5, 5.41) is 14.6. The van der Waals surface area contributed by atoms with Crippen LogP contribution in [0.15, 0.2) is 72.8 Å². The number of anilines is 2. The molecule has 0 fully saturated rings. The van der Waals surface area contributed by atoms with Crippen molar-refractivity contribution in [2.24, 2.45) is 0 Å². The van der Waals surface area contributed by atoms with E-state index in [0.717, 1.165) is 0 Å². The van der Waals surface area contributed by atoms with Crippen LogP contribution in [-0.2, 0) is 0 Å². The first kappa shape index (κ1) is 17.5. The van der Waals surface area contributed by atoms with Gasteiger partial charge in [0.1, 0.15) is 11.9 Å². The van der Waals surface area contributed by atoms with E-state index in [1.807, 2.05) is 24.3 Å². The summed E-state index contributed by atoms with van der Waals surface area (Å²) in [5.74, 6) is 0.322. The standard InChI is InChI=1S/C21H17N3O4/c1-28-19-12-5-4-11-18(19)23-20(14-7-6-8-15(13-14)24(26)27)22-17-10-3-2-9-16(17)21(23)25/h2-13,20,22H,1H3/t20-/m0/s1. The van der Waals surface area contributed by atoms with Crippen LogP contribution in [0, 0.1) is 10.1 Å². The minimum absolute atomic E-state index is 0.0365. The highest BCUT2D eigenvalue weighted by Crippen LogP contribution is 2.40. The number of para-hydroxylation sites is 3. The predicted octanol–water partition coefficient (Wildman–Crippen LogP) is 4.37. The lowest BCUT2D eigenvalue weighted by Gasteiger charge is -2.38. The highest BCUT2D eigenvalue weighted by Gasteiger charge is 2.35. The molecule has 1 N–H and O–H groups in total. The SMILES string of the molecule is COc1ccccc1N1C(=O)c2ccccc2N[C@@H]1c1cccc([N+](=O)[O-])c1. The van der Waals surface area contributed by atoms with E-state index in [2.05, 4.69) is 5.32 Å². The maximum absolute atomic E-state index is 13.4. The third-order valence-corrected chi connectivity index (χ3v) is 4.67. The number of nitrogens with zero attached hydrogens (tertiary/aromatic N) is 2. The predicted molar refractivity (Wildman–Crippen MR) is 106 cm³/mol. The lowest BCUT2D eigenvalue weighted by atomic mass is 10.0. The van der Waals surface area contributed by atoms with Crippen molar-refractivity contribution in [3.05, 3.63) is 94.0 Å². The average molecular weight is 375 g/mol. The van der Waals surface area contributed by atoms with E-state index in [0.29, 0.717) is 28.3 Å². The van der Waals surface area contributed by atoms with E-state index in [1.165, 1.54) is 19.2 Å². The first-order valence-corrected chi connectivity index (χ1v) is 8.66. The Labute approximate surface area is 161 Å². The van der Waals surface area contributed by atoms with Crippen molar-refractivity contribution < 1.29 is 14.5 Å². The van der Waals surface area contributed by atoms with Crippen LogP contribution in [-0.4, -0.2) is 17.9 Å². The van der Waals surface area contributed by atoms with Crippen LogP contribution in [0.4, 0.5) is 17.1 Å². The van der Waals surface area contributed by atoms with Crippen LogP contribution in [0.5, 0.6) is 5.75 Å². The number of hydrogen-bond donors (Lipinski definition) is 1. The summed E-state index contributed by atoms with van der Waals surface area (Å²) in [6.07, 6.45) is -0.626. The fourth-order valence-corrected chi connectivity index (χ4v) is 3.37. The van der Waals surface area contributed by atoms with E-state index < -0.39 is 11.1 Å². The van der Waals surface area contributed by atoms with Gasteiger partial charge in [0.15, 0.2) is 0 Å². The van der Waals surface area contributed by atoms with Gasteiger partial charge in [-0.15, -0.1) is 0 Å². The van der Waals surface area contributed by atoms with Gasteiger partial charge in [0, 0.05) is 23.4 Å². The molecule has 1 amide bonds. The molecule has 1 aliphatic heterocycles. The Bertz CT molecular complexity index is 1070. The summed E-state index contributed by atoms with van der Waals surface area (Å²) in [6, 6.07) is 20.7. The highest BCUT2D eigenvalue weighted by atomic mass is 16.6. The van der Waals surface area contributed by atoms with Gasteiger partial charge in [-0.05, 0) is 24.3 Å². The molecule has 28 heavy (non-hydrogen) atoms. The van der Waals surface area contributed by atoms with Crippen LogP contribution < -0.4 is 15.0 Å². The Hall–Kier alpha value is -3.87. The van der Waals surface area contributed by atoms with E-state index in [4.69, 9.17) is 4.74 Å². The molecular weight excluding hydrogens is 358 g/mol. The lowest BCUT2D eigenvalue weighted by molar-refractivity contribution is -0.384. The van der Waals surface area contributed by atoms with Crippen molar-refractivity contribution >= 4 is 23.0 Å². The van der Waals surface area contributed by atoms with E-state index in [1.54, 1.807) is 41.3 Å². The molecule has 0 bridgehead atoms. The Morgan fingerprint density at radius 1 is 1.04 bits per heavy atom. The number of ether oxygens (including phenoxy) is 1. The molecule has 0 radical (unpaired) electrons. The summed E-state index contributed by atoms with van der Waals surface area (Å²) >= 11 is 0. The zero-order chi connectivity index (χ0) is 19.7. The Kier molecular flexibility index (Phi) is 4.41. The molecule has 0 aliphatic carbocycles. The molecule has 7 nitrogen and oxygen atoms in total. The molecule has 0 saturated heterocycles. The molecule has 3 aromatic rings. The van der Waals surface area contributed by atoms with Crippen molar-refractivity contribution in [2.45, 2.75) is 6.17 Å². The van der Waals surface area contributed by atoms with Crippen LogP contribution in [0.1, 0.15) is 22.1 Å². The van der Waals surface area contributed by atoms with Crippen LogP contribution in [0.3, 0.4) is 0 Å². The zero-order valence-electron chi connectivity index (χ0n) is 15.0. The van der Waals surface area contributed by atoms with E-state index in [-0.39, 0.29) is 11.6 Å². The minimum Gasteiger partial charge on any atom is -0.495 e. The van der Waals surface area contributed by atoms with Crippen LogP contribution >= 0.6 is 0 Å². The molecule has 0 saturated carbocycles. The second-order valence-corrected chi connectivity index (χ2v) is 6.29. The number of carbonyl (C=O) groups excluding carboxylic acids is 1. The fraction of sp³-hybridized carbons (Fsp3) is 0.0952. The summed E-state index contributed by atoms with van der Waals surface area (Å²) in [7, 11) is 1.54. The summed E-state index contributed by atoms with van der Waals surface area (Å²) in [4.78, 5) is 25.7.